The molecule has 0 radical (unpaired) electrons. The number of carbonyl (C=O) groups is 1. The van der Waals surface area contributed by atoms with Crippen LogP contribution in [0.2, 0.25) is 0 Å². The number of carbonyl (C=O) groups excluding carboxylic acids is 1. The molecule has 15 heavy (non-hydrogen) atoms. The number of phenolic OH excluding ortho intramolecular Hbond substituents is 1. The first-order valence-corrected chi connectivity index (χ1v) is 4.23. The topological polar surface area (TPSA) is 76.0 Å². The summed E-state index contributed by atoms with van der Waals surface area (Å²) < 4.78 is 9.18. The van der Waals surface area contributed by atoms with Crippen LogP contribution in [0.5, 0.6) is 11.5 Å². The lowest BCUT2D eigenvalue weighted by Crippen LogP contribution is -2.13. The summed E-state index contributed by atoms with van der Waals surface area (Å²) in [6.07, 6.45) is -1.40. The zero-order valence-electron chi connectivity index (χ0n) is 8.43. The Labute approximate surface area is 86.9 Å². The second kappa shape index (κ2) is 4.65. The van der Waals surface area contributed by atoms with Gasteiger partial charge in [0, 0.05) is 0 Å². The second-order valence-corrected chi connectivity index (χ2v) is 2.86. The van der Waals surface area contributed by atoms with Crippen LogP contribution in [0.25, 0.3) is 0 Å². The summed E-state index contributed by atoms with van der Waals surface area (Å²) in [6.45, 7) is 0. The van der Waals surface area contributed by atoms with Crippen LogP contribution in [0.4, 0.5) is 0 Å². The molecule has 0 aromatic heterocycles. The maximum atomic E-state index is 11.0. The van der Waals surface area contributed by atoms with Crippen LogP contribution in [0.3, 0.4) is 0 Å². The number of aliphatic hydroxyl groups excluding tert-OH is 1. The molecule has 0 saturated heterocycles. The van der Waals surface area contributed by atoms with Crippen molar-refractivity contribution in [2.45, 2.75) is 6.10 Å². The van der Waals surface area contributed by atoms with Gasteiger partial charge in [-0.1, -0.05) is 6.07 Å². The summed E-state index contributed by atoms with van der Waals surface area (Å²) in [5.41, 5.74) is 0.250. The SMILES string of the molecule is COC(=O)[C@@H](O)c1ccc(OC)c(O)c1. The molecule has 0 unspecified atom stereocenters. The minimum Gasteiger partial charge on any atom is -0.504 e. The molecule has 0 aliphatic carbocycles. The Morgan fingerprint density at radius 2 is 2.07 bits per heavy atom. The third-order valence-electron chi connectivity index (χ3n) is 1.94. The lowest BCUT2D eigenvalue weighted by molar-refractivity contribution is -0.150. The van der Waals surface area contributed by atoms with Crippen molar-refractivity contribution < 1.29 is 24.5 Å². The van der Waals surface area contributed by atoms with Gasteiger partial charge in [0.1, 0.15) is 0 Å². The molecule has 0 amide bonds. The van der Waals surface area contributed by atoms with Crippen LogP contribution in [-0.2, 0) is 9.53 Å². The standard InChI is InChI=1S/C10H12O5/c1-14-8-4-3-6(5-7(8)11)9(12)10(13)15-2/h3-5,9,11-12H,1-2H3/t9-/m0/s1. The molecule has 1 atom stereocenters. The molecule has 0 aliphatic heterocycles. The van der Waals surface area contributed by atoms with E-state index < -0.39 is 12.1 Å². The second-order valence-electron chi connectivity index (χ2n) is 2.86. The summed E-state index contributed by atoms with van der Waals surface area (Å²) in [6, 6.07) is 4.18. The Kier molecular flexibility index (Phi) is 3.51. The first kappa shape index (κ1) is 11.3. The number of phenols is 1. The van der Waals surface area contributed by atoms with E-state index in [-0.39, 0.29) is 17.1 Å². The van der Waals surface area contributed by atoms with E-state index >= 15 is 0 Å². The van der Waals surface area contributed by atoms with Gasteiger partial charge in [-0.3, -0.25) is 0 Å². The van der Waals surface area contributed by atoms with E-state index in [9.17, 15) is 15.0 Å². The van der Waals surface area contributed by atoms with Crippen molar-refractivity contribution in [3.8, 4) is 11.5 Å². The predicted octanol–water partition coefficient (Wildman–Crippen LogP) is 0.607. The lowest BCUT2D eigenvalue weighted by Gasteiger charge is -2.10. The first-order valence-electron chi connectivity index (χ1n) is 4.23. The van der Waals surface area contributed by atoms with Crippen LogP contribution in [0.1, 0.15) is 11.7 Å². The van der Waals surface area contributed by atoms with Gasteiger partial charge in [0.2, 0.25) is 0 Å². The third kappa shape index (κ3) is 2.38. The molecule has 0 bridgehead atoms. The fourth-order valence-corrected chi connectivity index (χ4v) is 1.12. The van der Waals surface area contributed by atoms with E-state index in [0.717, 1.165) is 0 Å². The van der Waals surface area contributed by atoms with Crippen molar-refractivity contribution >= 4 is 5.97 Å². The van der Waals surface area contributed by atoms with Crippen molar-refractivity contribution in [2.75, 3.05) is 14.2 Å². The molecule has 5 heteroatoms. The summed E-state index contributed by atoms with van der Waals surface area (Å²) in [4.78, 5) is 11.0. The van der Waals surface area contributed by atoms with E-state index in [1.54, 1.807) is 0 Å². The quantitative estimate of drug-likeness (QED) is 0.718. The Bertz CT molecular complexity index is 361. The van der Waals surface area contributed by atoms with Crippen LogP contribution in [0, 0.1) is 0 Å². The summed E-state index contributed by atoms with van der Waals surface area (Å²) >= 11 is 0. The number of rotatable bonds is 3. The number of aliphatic hydroxyl groups is 1. The van der Waals surface area contributed by atoms with Gasteiger partial charge in [0.15, 0.2) is 17.6 Å². The van der Waals surface area contributed by atoms with Gasteiger partial charge in [-0.2, -0.15) is 0 Å². The van der Waals surface area contributed by atoms with E-state index in [2.05, 4.69) is 4.74 Å². The van der Waals surface area contributed by atoms with Crippen molar-refractivity contribution in [2.24, 2.45) is 0 Å². The molecule has 1 aromatic carbocycles. The Hall–Kier alpha value is -1.75. The molecule has 0 fully saturated rings. The van der Waals surface area contributed by atoms with Crippen LogP contribution in [0.15, 0.2) is 18.2 Å². The van der Waals surface area contributed by atoms with Crippen molar-refractivity contribution in [3.05, 3.63) is 23.8 Å². The van der Waals surface area contributed by atoms with Crippen LogP contribution >= 0.6 is 0 Å². The lowest BCUT2D eigenvalue weighted by atomic mass is 10.1. The highest BCUT2D eigenvalue weighted by atomic mass is 16.5. The number of methoxy groups -OCH3 is 2. The van der Waals surface area contributed by atoms with Crippen LogP contribution in [-0.4, -0.2) is 30.4 Å². The maximum absolute atomic E-state index is 11.0. The average molecular weight is 212 g/mol. The van der Waals surface area contributed by atoms with Gasteiger partial charge in [0.25, 0.3) is 0 Å². The zero-order valence-corrected chi connectivity index (χ0v) is 8.43. The van der Waals surface area contributed by atoms with Gasteiger partial charge in [0.05, 0.1) is 14.2 Å². The van der Waals surface area contributed by atoms with Crippen molar-refractivity contribution in [1.82, 2.24) is 0 Å². The summed E-state index contributed by atoms with van der Waals surface area (Å²) in [5.74, 6) is -0.645. The van der Waals surface area contributed by atoms with E-state index in [1.807, 2.05) is 0 Å². The average Bonchev–Trinajstić information content (AvgIpc) is 2.26. The Morgan fingerprint density at radius 3 is 2.53 bits per heavy atom. The molecule has 0 heterocycles. The minimum atomic E-state index is -1.40. The summed E-state index contributed by atoms with van der Waals surface area (Å²) in [5, 5.41) is 18.9. The summed E-state index contributed by atoms with van der Waals surface area (Å²) in [7, 11) is 2.58. The number of aromatic hydroxyl groups is 1. The molecule has 5 nitrogen and oxygen atoms in total. The van der Waals surface area contributed by atoms with Gasteiger partial charge >= 0.3 is 5.97 Å². The van der Waals surface area contributed by atoms with Gasteiger partial charge in [-0.05, 0) is 17.7 Å². The highest BCUT2D eigenvalue weighted by molar-refractivity contribution is 5.76. The molecule has 0 saturated carbocycles. The van der Waals surface area contributed by atoms with Gasteiger partial charge in [-0.25, -0.2) is 4.79 Å². The largest absolute Gasteiger partial charge is 0.504 e. The molecule has 0 spiro atoms. The first-order chi connectivity index (χ1) is 7.10. The van der Waals surface area contributed by atoms with Crippen molar-refractivity contribution in [1.29, 1.82) is 0 Å². The van der Waals surface area contributed by atoms with Crippen LogP contribution < -0.4 is 4.74 Å². The van der Waals surface area contributed by atoms with Gasteiger partial charge < -0.3 is 19.7 Å². The molecule has 2 N–H and O–H groups in total. The molecular formula is C10H12O5. The maximum Gasteiger partial charge on any atom is 0.339 e. The molecular weight excluding hydrogens is 200 g/mol. The molecule has 1 aromatic rings. The van der Waals surface area contributed by atoms with Gasteiger partial charge in [-0.15, -0.1) is 0 Å². The normalized spacial score (nSPS) is 11.9. The van der Waals surface area contributed by atoms with E-state index in [4.69, 9.17) is 4.74 Å². The van der Waals surface area contributed by atoms with E-state index in [1.165, 1.54) is 32.4 Å². The molecule has 82 valence electrons. The predicted molar refractivity (Wildman–Crippen MR) is 51.6 cm³/mol. The third-order valence-corrected chi connectivity index (χ3v) is 1.94. The number of hydrogen-bond donors (Lipinski definition) is 2. The zero-order chi connectivity index (χ0) is 11.4. The fraction of sp³-hybridized carbons (Fsp3) is 0.300. The minimum absolute atomic E-state index is 0.141. The number of esters is 1. The molecule has 0 aliphatic rings. The number of benzene rings is 1. The van der Waals surface area contributed by atoms with Crippen molar-refractivity contribution in [3.63, 3.8) is 0 Å². The Morgan fingerprint density at radius 1 is 1.40 bits per heavy atom. The highest BCUT2D eigenvalue weighted by Crippen LogP contribution is 2.29. The Balaban J connectivity index is 2.97. The number of hydrogen-bond acceptors (Lipinski definition) is 5. The molecule has 1 rings (SSSR count). The monoisotopic (exact) mass is 212 g/mol. The van der Waals surface area contributed by atoms with E-state index in [0.29, 0.717) is 0 Å². The fourth-order valence-electron chi connectivity index (χ4n) is 1.12. The number of ether oxygens (including phenoxy) is 2. The smallest absolute Gasteiger partial charge is 0.339 e. The highest BCUT2D eigenvalue weighted by Gasteiger charge is 2.18.